The van der Waals surface area contributed by atoms with Gasteiger partial charge in [0, 0.05) is 18.8 Å². The zero-order valence-corrected chi connectivity index (χ0v) is 18.3. The van der Waals surface area contributed by atoms with E-state index in [1.54, 1.807) is 19.2 Å². The molecule has 0 spiro atoms. The van der Waals surface area contributed by atoms with E-state index >= 15 is 0 Å². The molecular weight excluding hydrogens is 460 g/mol. The zero-order chi connectivity index (χ0) is 25.0. The highest BCUT2D eigenvalue weighted by Crippen LogP contribution is 2.26. The van der Waals surface area contributed by atoms with Gasteiger partial charge in [0.2, 0.25) is 0 Å². The summed E-state index contributed by atoms with van der Waals surface area (Å²) in [5.74, 6) is -2.56. The lowest BCUT2D eigenvalue weighted by molar-refractivity contribution is -0.142. The quantitative estimate of drug-likeness (QED) is 0.447. The highest BCUT2D eigenvalue weighted by Gasteiger charge is 2.29. The number of halogens is 4. The van der Waals surface area contributed by atoms with Crippen molar-refractivity contribution in [2.45, 2.75) is 51.9 Å². The fourth-order valence-corrected chi connectivity index (χ4v) is 3.40. The van der Waals surface area contributed by atoms with E-state index in [4.69, 9.17) is 4.74 Å². The van der Waals surface area contributed by atoms with Crippen molar-refractivity contribution in [3.63, 3.8) is 0 Å². The molecular formula is C22H22F4N4O4. The molecule has 1 amide bonds. The Morgan fingerprint density at radius 3 is 2.68 bits per heavy atom. The highest BCUT2D eigenvalue weighted by atomic mass is 19.4. The van der Waals surface area contributed by atoms with Crippen LogP contribution in [0.25, 0.3) is 5.65 Å². The van der Waals surface area contributed by atoms with Gasteiger partial charge in [-0.3, -0.25) is 14.2 Å². The zero-order valence-electron chi connectivity index (χ0n) is 18.3. The molecule has 3 heterocycles. The number of rotatable bonds is 9. The summed E-state index contributed by atoms with van der Waals surface area (Å²) in [5, 5.41) is 11.6. The number of ether oxygens (including phenoxy) is 1. The Morgan fingerprint density at radius 1 is 1.29 bits per heavy atom. The van der Waals surface area contributed by atoms with Crippen molar-refractivity contribution in [3.8, 4) is 5.75 Å². The third-order valence-electron chi connectivity index (χ3n) is 4.97. The number of hydrogen-bond donors (Lipinski definition) is 2. The van der Waals surface area contributed by atoms with Gasteiger partial charge in [-0.25, -0.2) is 14.2 Å². The van der Waals surface area contributed by atoms with Crippen LogP contribution in [0, 0.1) is 19.7 Å². The topological polar surface area (TPSA) is 106 Å². The number of nitrogens with zero attached hydrogens (tertiary/aromatic N) is 3. The fourth-order valence-electron chi connectivity index (χ4n) is 3.40. The number of amides is 1. The van der Waals surface area contributed by atoms with E-state index in [0.717, 1.165) is 0 Å². The highest BCUT2D eigenvalue weighted by molar-refractivity contribution is 5.97. The van der Waals surface area contributed by atoms with Gasteiger partial charge >= 0.3 is 12.1 Å². The Balaban J connectivity index is 1.84. The van der Waals surface area contributed by atoms with Crippen LogP contribution in [-0.4, -0.2) is 43.6 Å². The second-order valence-corrected chi connectivity index (χ2v) is 7.71. The smallest absolute Gasteiger partial charge is 0.389 e. The molecule has 34 heavy (non-hydrogen) atoms. The van der Waals surface area contributed by atoms with Crippen molar-refractivity contribution < 1.29 is 37.0 Å². The van der Waals surface area contributed by atoms with Crippen LogP contribution in [0.2, 0.25) is 0 Å². The maximum atomic E-state index is 13.9. The maximum absolute atomic E-state index is 13.9. The molecule has 3 rings (SSSR count). The Kier molecular flexibility index (Phi) is 7.38. The summed E-state index contributed by atoms with van der Waals surface area (Å²) in [6.07, 6.45) is -3.41. The van der Waals surface area contributed by atoms with Crippen molar-refractivity contribution in [2.75, 3.05) is 0 Å². The molecule has 3 aromatic rings. The molecule has 12 heteroatoms. The second kappa shape index (κ2) is 10.1. The lowest BCUT2D eigenvalue weighted by Gasteiger charge is -2.15. The summed E-state index contributed by atoms with van der Waals surface area (Å²) in [6.45, 7) is 3.06. The normalized spacial score (nSPS) is 12.5. The predicted octanol–water partition coefficient (Wildman–Crippen LogP) is 3.98. The summed E-state index contributed by atoms with van der Waals surface area (Å²) in [5.41, 5.74) is 1.22. The molecule has 0 radical (unpaired) electrons. The first-order valence-electron chi connectivity index (χ1n) is 10.3. The number of carboxylic acid groups (broad SMARTS) is 1. The lowest BCUT2D eigenvalue weighted by atomic mass is 10.1. The van der Waals surface area contributed by atoms with Crippen LogP contribution in [0.4, 0.5) is 17.6 Å². The van der Waals surface area contributed by atoms with Crippen LogP contribution in [0.5, 0.6) is 5.75 Å². The molecule has 0 saturated heterocycles. The molecule has 0 fully saturated rings. The molecule has 8 nitrogen and oxygen atoms in total. The van der Waals surface area contributed by atoms with Gasteiger partial charge in [-0.1, -0.05) is 0 Å². The number of aryl methyl sites for hydroxylation is 2. The maximum Gasteiger partial charge on any atom is 0.389 e. The average Bonchev–Trinajstić information content (AvgIpc) is 3.07. The SMILES string of the molecule is Cc1cc(OCc2ncccc2F)c2nc(C)c(C(=O)NC(CCCC(F)(F)F)C(=O)O)n2c1. The number of alkyl halides is 3. The predicted molar refractivity (Wildman–Crippen MR) is 112 cm³/mol. The van der Waals surface area contributed by atoms with Crippen LogP contribution in [0.1, 0.15) is 46.7 Å². The molecule has 0 saturated carbocycles. The van der Waals surface area contributed by atoms with Crippen molar-refractivity contribution >= 4 is 17.5 Å². The molecule has 0 aliphatic rings. The Bertz CT molecular complexity index is 1210. The first-order valence-corrected chi connectivity index (χ1v) is 10.3. The van der Waals surface area contributed by atoms with Crippen LogP contribution in [-0.2, 0) is 11.4 Å². The molecule has 1 atom stereocenters. The van der Waals surface area contributed by atoms with Gasteiger partial charge in [0.1, 0.15) is 29.9 Å². The van der Waals surface area contributed by atoms with Gasteiger partial charge in [0.05, 0.1) is 5.69 Å². The van der Waals surface area contributed by atoms with Gasteiger partial charge in [-0.05, 0) is 50.5 Å². The van der Waals surface area contributed by atoms with Crippen molar-refractivity contribution in [2.24, 2.45) is 0 Å². The van der Waals surface area contributed by atoms with Crippen LogP contribution >= 0.6 is 0 Å². The number of pyridine rings is 2. The van der Waals surface area contributed by atoms with Gasteiger partial charge in [-0.15, -0.1) is 0 Å². The first-order chi connectivity index (χ1) is 16.0. The third kappa shape index (κ3) is 6.00. The minimum atomic E-state index is -4.42. The summed E-state index contributed by atoms with van der Waals surface area (Å²) >= 11 is 0. The van der Waals surface area contributed by atoms with Crippen molar-refractivity contribution in [3.05, 3.63) is 59.1 Å². The summed E-state index contributed by atoms with van der Waals surface area (Å²) < 4.78 is 58.2. The number of hydrogen-bond acceptors (Lipinski definition) is 5. The van der Waals surface area contributed by atoms with Crippen LogP contribution in [0.3, 0.4) is 0 Å². The van der Waals surface area contributed by atoms with E-state index in [-0.39, 0.29) is 41.5 Å². The van der Waals surface area contributed by atoms with Gasteiger partial charge < -0.3 is 15.2 Å². The number of aromatic nitrogens is 3. The van der Waals surface area contributed by atoms with E-state index in [2.05, 4.69) is 15.3 Å². The number of imidazole rings is 1. The third-order valence-corrected chi connectivity index (χ3v) is 4.97. The number of nitrogens with one attached hydrogen (secondary N) is 1. The number of fused-ring (bicyclic) bond motifs is 1. The Morgan fingerprint density at radius 2 is 2.03 bits per heavy atom. The van der Waals surface area contributed by atoms with Gasteiger partial charge in [0.15, 0.2) is 11.4 Å². The number of carbonyl (C=O) groups is 2. The van der Waals surface area contributed by atoms with Crippen molar-refractivity contribution in [1.82, 2.24) is 19.7 Å². The Labute approximate surface area is 191 Å². The molecule has 0 aromatic carbocycles. The number of carbonyl (C=O) groups excluding carboxylic acids is 1. The number of aliphatic carboxylic acids is 1. The van der Waals surface area contributed by atoms with E-state index in [9.17, 15) is 32.3 Å². The van der Waals surface area contributed by atoms with Crippen molar-refractivity contribution in [1.29, 1.82) is 0 Å². The minimum absolute atomic E-state index is 0.00892. The minimum Gasteiger partial charge on any atom is -0.483 e. The standard InChI is InChI=1S/C22H22F4N4O4/c1-12-9-17(34-11-16-14(23)5-4-8-27-16)19-28-13(2)18(30(19)10-12)20(31)29-15(21(32)33)6-3-7-22(24,25)26/h4-5,8-10,15H,3,6-7,11H2,1-2H3,(H,29,31)(H,32,33). The van der Waals surface area contributed by atoms with Gasteiger partial charge in [0.25, 0.3) is 5.91 Å². The van der Waals surface area contributed by atoms with E-state index in [1.807, 2.05) is 0 Å². The second-order valence-electron chi connectivity index (χ2n) is 7.71. The van der Waals surface area contributed by atoms with E-state index < -0.39 is 42.8 Å². The monoisotopic (exact) mass is 482 g/mol. The molecule has 0 aliphatic heterocycles. The molecule has 182 valence electrons. The molecule has 1 unspecified atom stereocenters. The van der Waals surface area contributed by atoms with Gasteiger partial charge in [-0.2, -0.15) is 13.2 Å². The molecule has 3 aromatic heterocycles. The number of carboxylic acids is 1. The van der Waals surface area contributed by atoms with E-state index in [0.29, 0.717) is 5.56 Å². The van der Waals surface area contributed by atoms with Crippen LogP contribution < -0.4 is 10.1 Å². The molecule has 2 N–H and O–H groups in total. The summed E-state index contributed by atoms with van der Waals surface area (Å²) in [4.78, 5) is 32.6. The Hall–Kier alpha value is -3.70. The fraction of sp³-hybridized carbons (Fsp3) is 0.364. The first kappa shape index (κ1) is 24.9. The average molecular weight is 482 g/mol. The summed E-state index contributed by atoms with van der Waals surface area (Å²) in [6, 6.07) is 2.82. The molecule has 0 bridgehead atoms. The summed E-state index contributed by atoms with van der Waals surface area (Å²) in [7, 11) is 0. The van der Waals surface area contributed by atoms with Crippen LogP contribution in [0.15, 0.2) is 30.6 Å². The van der Waals surface area contributed by atoms with E-state index in [1.165, 1.54) is 29.7 Å². The lowest BCUT2D eigenvalue weighted by Crippen LogP contribution is -2.41. The molecule has 0 aliphatic carbocycles. The largest absolute Gasteiger partial charge is 0.483 e.